The Morgan fingerprint density at radius 1 is 1.22 bits per heavy atom. The summed E-state index contributed by atoms with van der Waals surface area (Å²) < 4.78 is 0. The third kappa shape index (κ3) is 8.14. The van der Waals surface area contributed by atoms with Crippen LogP contribution in [0.15, 0.2) is 12.2 Å². The summed E-state index contributed by atoms with van der Waals surface area (Å²) in [6, 6.07) is 0. The quantitative estimate of drug-likeness (QED) is 0.329. The molecule has 5 nitrogen and oxygen atoms in total. The molecule has 0 aromatic rings. The van der Waals surface area contributed by atoms with Crippen molar-refractivity contribution in [3.63, 3.8) is 0 Å². The Bertz CT molecular complexity index is 497. The molecule has 0 aromatic carbocycles. The zero-order valence-corrected chi connectivity index (χ0v) is 17.2. The standard InChI is InChI=1S/C22H38O5/c1-4-5-14-22(2,3)20(25)13-12-17-16(18(23)15-19(17)24)10-8-6-7-9-11-21(26)27/h12-13,16-17,19-20,24-25H,4-11,14-15H2,1-3H3,(H,26,27)/b13-12+/t16-,17+,19+,20+/m0/s1. The molecule has 5 heteroatoms. The van der Waals surface area contributed by atoms with Gasteiger partial charge in [0.05, 0.1) is 12.2 Å². The van der Waals surface area contributed by atoms with Crippen molar-refractivity contribution < 1.29 is 24.9 Å². The van der Waals surface area contributed by atoms with E-state index in [2.05, 4.69) is 6.92 Å². The zero-order chi connectivity index (χ0) is 20.4. The normalized spacial score (nSPS) is 24.6. The Morgan fingerprint density at radius 3 is 2.52 bits per heavy atom. The Morgan fingerprint density at radius 2 is 1.89 bits per heavy atom. The molecule has 0 amide bonds. The van der Waals surface area contributed by atoms with Gasteiger partial charge in [0.2, 0.25) is 0 Å². The van der Waals surface area contributed by atoms with Crippen LogP contribution in [0.2, 0.25) is 0 Å². The fraction of sp³-hybridized carbons (Fsp3) is 0.818. The minimum absolute atomic E-state index is 0.0995. The van der Waals surface area contributed by atoms with Crippen molar-refractivity contribution in [1.82, 2.24) is 0 Å². The first-order valence-corrected chi connectivity index (χ1v) is 10.5. The molecule has 1 rings (SSSR count). The van der Waals surface area contributed by atoms with Gasteiger partial charge in [-0.15, -0.1) is 0 Å². The minimum atomic E-state index is -0.769. The van der Waals surface area contributed by atoms with Crippen molar-refractivity contribution in [2.24, 2.45) is 17.3 Å². The molecule has 0 aliphatic heterocycles. The molecular weight excluding hydrogens is 344 g/mol. The number of ketones is 1. The van der Waals surface area contributed by atoms with Crippen LogP contribution < -0.4 is 0 Å². The second-order valence-corrected chi connectivity index (χ2v) is 8.69. The first-order valence-electron chi connectivity index (χ1n) is 10.5. The molecule has 1 aliphatic carbocycles. The highest BCUT2D eigenvalue weighted by Gasteiger charge is 2.39. The van der Waals surface area contributed by atoms with Crippen LogP contribution in [0.1, 0.15) is 85.0 Å². The summed E-state index contributed by atoms with van der Waals surface area (Å²) in [6.07, 6.45) is 9.80. The van der Waals surface area contributed by atoms with Crippen LogP contribution in [0, 0.1) is 17.3 Å². The lowest BCUT2D eigenvalue weighted by molar-refractivity contribution is -0.137. The number of carbonyl (C=O) groups excluding carboxylic acids is 1. The number of aliphatic hydroxyl groups is 2. The number of Topliss-reactive ketones (excluding diaryl/α,β-unsaturated/α-hetero) is 1. The highest BCUT2D eigenvalue weighted by molar-refractivity contribution is 5.84. The van der Waals surface area contributed by atoms with E-state index in [9.17, 15) is 19.8 Å². The Hall–Kier alpha value is -1.20. The highest BCUT2D eigenvalue weighted by atomic mass is 16.4. The van der Waals surface area contributed by atoms with Gasteiger partial charge in [0.25, 0.3) is 0 Å². The summed E-state index contributed by atoms with van der Waals surface area (Å²) in [6.45, 7) is 6.22. The average molecular weight is 383 g/mol. The number of carboxylic acid groups (broad SMARTS) is 1. The molecule has 0 spiro atoms. The minimum Gasteiger partial charge on any atom is -0.481 e. The van der Waals surface area contributed by atoms with Crippen molar-refractivity contribution in [3.8, 4) is 0 Å². The van der Waals surface area contributed by atoms with Crippen LogP contribution in [-0.4, -0.2) is 39.3 Å². The monoisotopic (exact) mass is 382 g/mol. The zero-order valence-electron chi connectivity index (χ0n) is 17.2. The van der Waals surface area contributed by atoms with E-state index in [0.717, 1.165) is 38.5 Å². The average Bonchev–Trinajstić information content (AvgIpc) is 2.86. The molecule has 156 valence electrons. The fourth-order valence-electron chi connectivity index (χ4n) is 3.86. The first kappa shape index (κ1) is 23.8. The molecule has 0 heterocycles. The van der Waals surface area contributed by atoms with Gasteiger partial charge in [-0.3, -0.25) is 9.59 Å². The van der Waals surface area contributed by atoms with Gasteiger partial charge < -0.3 is 15.3 Å². The number of carbonyl (C=O) groups is 2. The maximum absolute atomic E-state index is 12.3. The number of unbranched alkanes of at least 4 members (excludes halogenated alkanes) is 4. The van der Waals surface area contributed by atoms with Gasteiger partial charge >= 0.3 is 5.97 Å². The predicted octanol–water partition coefficient (Wildman–Crippen LogP) is 4.11. The van der Waals surface area contributed by atoms with Gasteiger partial charge in [-0.1, -0.05) is 65.0 Å². The second-order valence-electron chi connectivity index (χ2n) is 8.69. The van der Waals surface area contributed by atoms with Crippen LogP contribution in [0.3, 0.4) is 0 Å². The maximum atomic E-state index is 12.3. The molecule has 0 saturated heterocycles. The number of aliphatic hydroxyl groups excluding tert-OH is 2. The van der Waals surface area contributed by atoms with Gasteiger partial charge in [-0.2, -0.15) is 0 Å². The van der Waals surface area contributed by atoms with Crippen LogP contribution in [-0.2, 0) is 9.59 Å². The van der Waals surface area contributed by atoms with E-state index < -0.39 is 18.2 Å². The third-order valence-electron chi connectivity index (χ3n) is 5.88. The van der Waals surface area contributed by atoms with Crippen molar-refractivity contribution in [2.45, 2.75) is 97.2 Å². The fourth-order valence-corrected chi connectivity index (χ4v) is 3.86. The summed E-state index contributed by atoms with van der Waals surface area (Å²) in [7, 11) is 0. The van der Waals surface area contributed by atoms with E-state index in [1.54, 1.807) is 6.08 Å². The van der Waals surface area contributed by atoms with Crippen LogP contribution >= 0.6 is 0 Å². The van der Waals surface area contributed by atoms with Crippen molar-refractivity contribution >= 4 is 11.8 Å². The number of rotatable bonds is 13. The maximum Gasteiger partial charge on any atom is 0.303 e. The summed E-state index contributed by atoms with van der Waals surface area (Å²) >= 11 is 0. The van der Waals surface area contributed by atoms with E-state index in [1.165, 1.54) is 0 Å². The molecule has 3 N–H and O–H groups in total. The van der Waals surface area contributed by atoms with Gasteiger partial charge in [0, 0.05) is 24.7 Å². The number of aliphatic carboxylic acids is 1. The smallest absolute Gasteiger partial charge is 0.303 e. The summed E-state index contributed by atoms with van der Waals surface area (Å²) in [5.41, 5.74) is -0.223. The predicted molar refractivity (Wildman–Crippen MR) is 106 cm³/mol. The van der Waals surface area contributed by atoms with E-state index in [4.69, 9.17) is 5.11 Å². The molecule has 0 radical (unpaired) electrons. The Balaban J connectivity index is 2.55. The Labute approximate surface area is 163 Å². The van der Waals surface area contributed by atoms with Crippen LogP contribution in [0.4, 0.5) is 0 Å². The summed E-state index contributed by atoms with van der Waals surface area (Å²) in [4.78, 5) is 22.8. The molecule has 0 unspecified atom stereocenters. The van der Waals surface area contributed by atoms with Crippen molar-refractivity contribution in [3.05, 3.63) is 12.2 Å². The van der Waals surface area contributed by atoms with Gasteiger partial charge in [0.1, 0.15) is 5.78 Å². The largest absolute Gasteiger partial charge is 0.481 e. The highest BCUT2D eigenvalue weighted by Crippen LogP contribution is 2.35. The second kappa shape index (κ2) is 11.6. The molecular formula is C22H38O5. The molecule has 1 fully saturated rings. The SMILES string of the molecule is CCCCC(C)(C)[C@H](O)/C=C/[C@H]1[C@H](O)CC(=O)[C@H]1CCCCCCC(=O)O. The number of hydrogen-bond donors (Lipinski definition) is 3. The number of carboxylic acids is 1. The lowest BCUT2D eigenvalue weighted by atomic mass is 9.80. The van der Waals surface area contributed by atoms with E-state index in [-0.39, 0.29) is 35.9 Å². The summed E-state index contributed by atoms with van der Waals surface area (Å²) in [5.74, 6) is -1.09. The van der Waals surface area contributed by atoms with E-state index in [0.29, 0.717) is 12.8 Å². The van der Waals surface area contributed by atoms with Crippen molar-refractivity contribution in [1.29, 1.82) is 0 Å². The first-order chi connectivity index (χ1) is 12.7. The van der Waals surface area contributed by atoms with Gasteiger partial charge in [-0.25, -0.2) is 0 Å². The molecule has 4 atom stereocenters. The molecule has 1 saturated carbocycles. The van der Waals surface area contributed by atoms with E-state index in [1.807, 2.05) is 19.9 Å². The lowest BCUT2D eigenvalue weighted by Crippen LogP contribution is -2.28. The molecule has 27 heavy (non-hydrogen) atoms. The Kier molecular flexibility index (Phi) is 10.2. The van der Waals surface area contributed by atoms with Crippen LogP contribution in [0.25, 0.3) is 0 Å². The van der Waals surface area contributed by atoms with Gasteiger partial charge in [0.15, 0.2) is 0 Å². The van der Waals surface area contributed by atoms with Crippen LogP contribution in [0.5, 0.6) is 0 Å². The van der Waals surface area contributed by atoms with Gasteiger partial charge in [-0.05, 0) is 24.7 Å². The number of hydrogen-bond acceptors (Lipinski definition) is 4. The lowest BCUT2D eigenvalue weighted by Gasteiger charge is -2.29. The molecule has 0 aromatic heterocycles. The summed E-state index contributed by atoms with van der Waals surface area (Å²) in [5, 5.41) is 29.4. The van der Waals surface area contributed by atoms with Crippen molar-refractivity contribution in [2.75, 3.05) is 0 Å². The van der Waals surface area contributed by atoms with E-state index >= 15 is 0 Å². The third-order valence-corrected chi connectivity index (χ3v) is 5.88. The topological polar surface area (TPSA) is 94.8 Å². The molecule has 0 bridgehead atoms. The molecule has 1 aliphatic rings.